The molecule has 4 rings (SSSR count). The van der Waals surface area contributed by atoms with Gasteiger partial charge in [-0.25, -0.2) is 0 Å². The molecule has 0 bridgehead atoms. The lowest BCUT2D eigenvalue weighted by Crippen LogP contribution is -2.55. The molecule has 0 radical (unpaired) electrons. The van der Waals surface area contributed by atoms with E-state index in [1.54, 1.807) is 0 Å². The first-order valence-electron chi connectivity index (χ1n) is 9.26. The Kier molecular flexibility index (Phi) is 3.26. The first-order valence-corrected chi connectivity index (χ1v) is 9.26. The average molecular weight is 290 g/mol. The van der Waals surface area contributed by atoms with Gasteiger partial charge in [0.25, 0.3) is 0 Å². The third kappa shape index (κ3) is 1.77. The largest absolute Gasteiger partial charge is 0.396 e. The van der Waals surface area contributed by atoms with E-state index in [0.29, 0.717) is 24.2 Å². The molecule has 3 unspecified atom stereocenters. The topological polar surface area (TPSA) is 37.3 Å². The molecule has 2 nitrogen and oxygen atoms in total. The van der Waals surface area contributed by atoms with Crippen LogP contribution in [0.4, 0.5) is 0 Å². The Balaban J connectivity index is 1.68. The van der Waals surface area contributed by atoms with E-state index in [4.69, 9.17) is 0 Å². The summed E-state index contributed by atoms with van der Waals surface area (Å²) in [5, 5.41) is 10.3. The van der Waals surface area contributed by atoms with Crippen molar-refractivity contribution in [1.29, 1.82) is 0 Å². The van der Waals surface area contributed by atoms with E-state index in [9.17, 15) is 9.90 Å². The van der Waals surface area contributed by atoms with Gasteiger partial charge in [-0.15, -0.1) is 0 Å². The highest BCUT2D eigenvalue weighted by atomic mass is 16.3. The number of rotatable bonds is 1. The Morgan fingerprint density at radius 1 is 1.05 bits per heavy atom. The second-order valence-corrected chi connectivity index (χ2v) is 8.71. The summed E-state index contributed by atoms with van der Waals surface area (Å²) in [6, 6.07) is 0. The van der Waals surface area contributed by atoms with Crippen LogP contribution in [0.3, 0.4) is 0 Å². The molecule has 21 heavy (non-hydrogen) atoms. The average Bonchev–Trinajstić information content (AvgIpc) is 2.82. The van der Waals surface area contributed by atoms with Crippen LogP contribution in [0.25, 0.3) is 0 Å². The van der Waals surface area contributed by atoms with Gasteiger partial charge in [0.15, 0.2) is 0 Å². The zero-order chi connectivity index (χ0) is 14.7. The standard InChI is InChI=1S/C19H30O2/c1-18-11-9-16-14(15(18)7-8-17(18)21)6-5-13-4-2-3-10-19(13,16)12-20/h13-16,20H,2-12H2,1H3/t13-,14?,15+,16+,18?,19?/m1/s1. The molecule has 4 saturated carbocycles. The summed E-state index contributed by atoms with van der Waals surface area (Å²) in [5.41, 5.74) is 0.202. The lowest BCUT2D eigenvalue weighted by atomic mass is 9.45. The summed E-state index contributed by atoms with van der Waals surface area (Å²) in [5.74, 6) is 3.34. The molecule has 2 heteroatoms. The molecule has 0 aliphatic heterocycles. The highest BCUT2D eigenvalue weighted by molar-refractivity contribution is 5.87. The SMILES string of the molecule is CC12CC[C@H]3C(CC[C@H]4CCCCC43CO)[C@@H]1CCC2=O. The van der Waals surface area contributed by atoms with E-state index in [0.717, 1.165) is 31.1 Å². The van der Waals surface area contributed by atoms with Gasteiger partial charge in [0.1, 0.15) is 5.78 Å². The van der Waals surface area contributed by atoms with E-state index in [1.165, 1.54) is 44.9 Å². The molecule has 0 spiro atoms. The Labute approximate surface area is 128 Å². The van der Waals surface area contributed by atoms with E-state index in [-0.39, 0.29) is 10.8 Å². The van der Waals surface area contributed by atoms with Gasteiger partial charge in [-0.1, -0.05) is 19.8 Å². The Morgan fingerprint density at radius 2 is 1.90 bits per heavy atom. The number of fused-ring (bicyclic) bond motifs is 5. The number of aliphatic hydroxyl groups is 1. The van der Waals surface area contributed by atoms with Crippen LogP contribution < -0.4 is 0 Å². The molecule has 0 aromatic heterocycles. The molecule has 4 aliphatic rings. The van der Waals surface area contributed by atoms with Crippen LogP contribution in [0.1, 0.15) is 71.1 Å². The van der Waals surface area contributed by atoms with Crippen LogP contribution in [0.5, 0.6) is 0 Å². The van der Waals surface area contributed by atoms with Crippen LogP contribution in [-0.4, -0.2) is 17.5 Å². The molecule has 0 heterocycles. The molecule has 1 N–H and O–H groups in total. The minimum absolute atomic E-state index is 0.0146. The normalized spacial score (nSPS) is 53.0. The molecule has 0 aromatic carbocycles. The van der Waals surface area contributed by atoms with E-state index in [2.05, 4.69) is 6.92 Å². The van der Waals surface area contributed by atoms with Crippen LogP contribution in [-0.2, 0) is 4.79 Å². The number of carbonyl (C=O) groups excluding carboxylic acids is 1. The lowest BCUT2D eigenvalue weighted by molar-refractivity contribution is -0.147. The van der Waals surface area contributed by atoms with Crippen molar-refractivity contribution in [3.63, 3.8) is 0 Å². The molecule has 0 amide bonds. The molecule has 4 fully saturated rings. The Hall–Kier alpha value is -0.370. The van der Waals surface area contributed by atoms with Crippen molar-refractivity contribution in [2.75, 3.05) is 6.61 Å². The number of hydrogen-bond acceptors (Lipinski definition) is 2. The highest BCUT2D eigenvalue weighted by Gasteiger charge is 2.60. The number of Topliss-reactive ketones (excluding diaryl/α,β-unsaturated/α-hetero) is 1. The molecular weight excluding hydrogens is 260 g/mol. The van der Waals surface area contributed by atoms with Crippen molar-refractivity contribution >= 4 is 5.78 Å². The highest BCUT2D eigenvalue weighted by Crippen LogP contribution is 2.65. The maximum atomic E-state index is 12.4. The Morgan fingerprint density at radius 3 is 2.71 bits per heavy atom. The summed E-state index contributed by atoms with van der Waals surface area (Å²) in [6.07, 6.45) is 12.1. The summed E-state index contributed by atoms with van der Waals surface area (Å²) in [4.78, 5) is 12.4. The summed E-state index contributed by atoms with van der Waals surface area (Å²) < 4.78 is 0. The van der Waals surface area contributed by atoms with E-state index < -0.39 is 0 Å². The van der Waals surface area contributed by atoms with Crippen molar-refractivity contribution in [3.8, 4) is 0 Å². The van der Waals surface area contributed by atoms with Gasteiger partial charge in [0.2, 0.25) is 0 Å². The maximum Gasteiger partial charge on any atom is 0.139 e. The predicted molar refractivity (Wildman–Crippen MR) is 82.8 cm³/mol. The van der Waals surface area contributed by atoms with Gasteiger partial charge in [0.05, 0.1) is 0 Å². The smallest absolute Gasteiger partial charge is 0.139 e. The van der Waals surface area contributed by atoms with Crippen LogP contribution in [0.2, 0.25) is 0 Å². The van der Waals surface area contributed by atoms with Crippen molar-refractivity contribution < 1.29 is 9.90 Å². The van der Waals surface area contributed by atoms with Gasteiger partial charge < -0.3 is 5.11 Å². The third-order valence-corrected chi connectivity index (χ3v) is 8.29. The van der Waals surface area contributed by atoms with Gasteiger partial charge in [0, 0.05) is 18.4 Å². The quantitative estimate of drug-likeness (QED) is 0.793. The van der Waals surface area contributed by atoms with E-state index >= 15 is 0 Å². The molecule has 4 aliphatic carbocycles. The molecule has 0 saturated heterocycles. The number of ketones is 1. The predicted octanol–water partition coefficient (Wildman–Crippen LogP) is 3.96. The number of carbonyl (C=O) groups is 1. The lowest BCUT2D eigenvalue weighted by Gasteiger charge is -2.60. The number of aliphatic hydroxyl groups excluding tert-OH is 1. The van der Waals surface area contributed by atoms with Crippen molar-refractivity contribution in [2.45, 2.75) is 71.1 Å². The minimum atomic E-state index is -0.0146. The van der Waals surface area contributed by atoms with Gasteiger partial charge in [-0.3, -0.25) is 4.79 Å². The van der Waals surface area contributed by atoms with Gasteiger partial charge >= 0.3 is 0 Å². The maximum absolute atomic E-state index is 12.4. The zero-order valence-electron chi connectivity index (χ0n) is 13.4. The van der Waals surface area contributed by atoms with Crippen molar-refractivity contribution in [3.05, 3.63) is 0 Å². The second-order valence-electron chi connectivity index (χ2n) is 8.71. The fourth-order valence-corrected chi connectivity index (χ4v) is 7.15. The first-order chi connectivity index (χ1) is 10.1. The van der Waals surface area contributed by atoms with Crippen LogP contribution in [0.15, 0.2) is 0 Å². The van der Waals surface area contributed by atoms with Gasteiger partial charge in [-0.05, 0) is 74.0 Å². The fourth-order valence-electron chi connectivity index (χ4n) is 7.15. The van der Waals surface area contributed by atoms with Crippen molar-refractivity contribution in [1.82, 2.24) is 0 Å². The summed E-state index contributed by atoms with van der Waals surface area (Å²) in [6.45, 7) is 2.65. The van der Waals surface area contributed by atoms with Crippen LogP contribution >= 0.6 is 0 Å². The molecular formula is C19H30O2. The van der Waals surface area contributed by atoms with Crippen molar-refractivity contribution in [2.24, 2.45) is 34.5 Å². The zero-order valence-corrected chi connectivity index (χ0v) is 13.4. The summed E-state index contributed by atoms with van der Waals surface area (Å²) >= 11 is 0. The second kappa shape index (κ2) is 4.81. The monoisotopic (exact) mass is 290 g/mol. The third-order valence-electron chi connectivity index (χ3n) is 8.29. The fraction of sp³-hybridized carbons (Fsp3) is 0.947. The van der Waals surface area contributed by atoms with Crippen LogP contribution in [0, 0.1) is 34.5 Å². The van der Waals surface area contributed by atoms with Gasteiger partial charge in [-0.2, -0.15) is 0 Å². The molecule has 6 atom stereocenters. The minimum Gasteiger partial charge on any atom is -0.396 e. The molecule has 0 aromatic rings. The Bertz CT molecular complexity index is 445. The van der Waals surface area contributed by atoms with E-state index in [1.807, 2.05) is 0 Å². The molecule has 118 valence electrons. The first kappa shape index (κ1) is 14.2. The summed E-state index contributed by atoms with van der Waals surface area (Å²) in [7, 11) is 0. The number of hydrogen-bond donors (Lipinski definition) is 1.